The van der Waals surface area contributed by atoms with Gasteiger partial charge in [-0.25, -0.2) is 13.8 Å². The maximum Gasteiger partial charge on any atom is 0.132 e. The molecular weight excluding hydrogens is 402 g/mol. The first-order valence-corrected chi connectivity index (χ1v) is 10.6. The van der Waals surface area contributed by atoms with Gasteiger partial charge in [-0.15, -0.1) is 11.3 Å². The molecule has 1 heterocycles. The van der Waals surface area contributed by atoms with E-state index in [4.69, 9.17) is 5.26 Å². The molecule has 1 N–H and O–H groups in total. The Balaban J connectivity index is 2.02. The quantitative estimate of drug-likeness (QED) is 0.514. The SMILES string of the molecule is CC(c1nc(-c2ccc(C#N)cc2)cs1)C(O)(CC(C)(C)C)c1ccc(F)cc1F. The summed E-state index contributed by atoms with van der Waals surface area (Å²) in [5.74, 6) is -1.97. The first-order chi connectivity index (χ1) is 14.0. The van der Waals surface area contributed by atoms with Crippen molar-refractivity contribution in [2.75, 3.05) is 0 Å². The zero-order valence-corrected chi connectivity index (χ0v) is 18.2. The second-order valence-corrected chi connectivity index (χ2v) is 9.66. The van der Waals surface area contributed by atoms with Crippen LogP contribution in [0.2, 0.25) is 0 Å². The summed E-state index contributed by atoms with van der Waals surface area (Å²) in [6.45, 7) is 7.72. The van der Waals surface area contributed by atoms with E-state index < -0.39 is 23.2 Å². The van der Waals surface area contributed by atoms with Gasteiger partial charge in [0.2, 0.25) is 0 Å². The lowest BCUT2D eigenvalue weighted by molar-refractivity contribution is -0.0271. The van der Waals surface area contributed by atoms with Crippen molar-refractivity contribution in [3.63, 3.8) is 0 Å². The Labute approximate surface area is 179 Å². The largest absolute Gasteiger partial charge is 0.384 e. The Hall–Kier alpha value is -2.62. The van der Waals surface area contributed by atoms with Crippen molar-refractivity contribution in [1.29, 1.82) is 5.26 Å². The van der Waals surface area contributed by atoms with Crippen molar-refractivity contribution in [2.45, 2.75) is 45.6 Å². The van der Waals surface area contributed by atoms with Crippen molar-refractivity contribution in [1.82, 2.24) is 4.98 Å². The van der Waals surface area contributed by atoms with Crippen LogP contribution in [0.15, 0.2) is 47.8 Å². The monoisotopic (exact) mass is 426 g/mol. The van der Waals surface area contributed by atoms with Gasteiger partial charge in [0.1, 0.15) is 17.2 Å². The highest BCUT2D eigenvalue weighted by Crippen LogP contribution is 2.46. The zero-order chi connectivity index (χ0) is 22.1. The van der Waals surface area contributed by atoms with Gasteiger partial charge < -0.3 is 5.11 Å². The maximum atomic E-state index is 14.7. The van der Waals surface area contributed by atoms with Gasteiger partial charge in [-0.2, -0.15) is 5.26 Å². The second kappa shape index (κ2) is 8.25. The van der Waals surface area contributed by atoms with Crippen LogP contribution in [0.5, 0.6) is 0 Å². The van der Waals surface area contributed by atoms with Crippen LogP contribution in [-0.2, 0) is 5.60 Å². The van der Waals surface area contributed by atoms with Crippen LogP contribution >= 0.6 is 11.3 Å². The molecule has 3 rings (SSSR count). The van der Waals surface area contributed by atoms with Gasteiger partial charge in [-0.3, -0.25) is 0 Å². The average Bonchev–Trinajstić information content (AvgIpc) is 3.16. The van der Waals surface area contributed by atoms with Crippen molar-refractivity contribution < 1.29 is 13.9 Å². The summed E-state index contributed by atoms with van der Waals surface area (Å²) in [4.78, 5) is 4.68. The maximum absolute atomic E-state index is 14.7. The topological polar surface area (TPSA) is 56.9 Å². The van der Waals surface area contributed by atoms with E-state index in [9.17, 15) is 13.9 Å². The van der Waals surface area contributed by atoms with Crippen LogP contribution in [0.4, 0.5) is 8.78 Å². The third-order valence-corrected chi connectivity index (χ3v) is 6.14. The molecule has 1 aromatic heterocycles. The summed E-state index contributed by atoms with van der Waals surface area (Å²) >= 11 is 1.39. The minimum atomic E-state index is -1.56. The third-order valence-electron chi connectivity index (χ3n) is 5.12. The van der Waals surface area contributed by atoms with Crippen LogP contribution < -0.4 is 0 Å². The molecule has 0 aliphatic carbocycles. The van der Waals surface area contributed by atoms with Crippen LogP contribution in [0, 0.1) is 28.4 Å². The number of aromatic nitrogens is 1. The molecule has 3 aromatic rings. The number of halogens is 2. The summed E-state index contributed by atoms with van der Waals surface area (Å²) < 4.78 is 28.2. The van der Waals surface area contributed by atoms with Crippen molar-refractivity contribution in [3.8, 4) is 17.3 Å². The molecule has 0 amide bonds. The lowest BCUT2D eigenvalue weighted by Crippen LogP contribution is -2.37. The van der Waals surface area contributed by atoms with Gasteiger partial charge in [0.05, 0.1) is 22.3 Å². The first-order valence-electron chi connectivity index (χ1n) is 9.67. The molecule has 3 nitrogen and oxygen atoms in total. The Kier molecular flexibility index (Phi) is 6.07. The van der Waals surface area contributed by atoms with Crippen molar-refractivity contribution in [2.24, 2.45) is 5.41 Å². The van der Waals surface area contributed by atoms with Crippen molar-refractivity contribution in [3.05, 3.63) is 75.6 Å². The summed E-state index contributed by atoms with van der Waals surface area (Å²) in [6, 6.07) is 12.5. The van der Waals surface area contributed by atoms with Gasteiger partial charge in [-0.1, -0.05) is 45.9 Å². The molecular formula is C24H24F2N2OS. The number of benzene rings is 2. The molecule has 0 bridgehead atoms. The lowest BCUT2D eigenvalue weighted by Gasteiger charge is -2.39. The summed E-state index contributed by atoms with van der Waals surface area (Å²) in [6.07, 6.45) is 0.273. The number of hydrogen-bond acceptors (Lipinski definition) is 4. The highest BCUT2D eigenvalue weighted by Gasteiger charge is 2.43. The molecule has 0 saturated heterocycles. The number of aliphatic hydroxyl groups is 1. The number of thiazole rings is 1. The van der Waals surface area contributed by atoms with Crippen LogP contribution in [0.1, 0.15) is 56.2 Å². The predicted octanol–water partition coefficient (Wildman–Crippen LogP) is 6.39. The standard InChI is InChI=1S/C24H24F2N2OS/c1-15(22-28-21(13-30-22)17-7-5-16(12-27)6-8-17)24(29,14-23(2,3)4)19-10-9-18(25)11-20(19)26/h5-11,13,15,29H,14H2,1-4H3. The summed E-state index contributed by atoms with van der Waals surface area (Å²) in [5, 5.41) is 23.2. The predicted molar refractivity (Wildman–Crippen MR) is 115 cm³/mol. The fourth-order valence-electron chi connectivity index (χ4n) is 3.67. The van der Waals surface area contributed by atoms with Gasteiger partial charge in [-0.05, 0) is 30.0 Å². The Bertz CT molecular complexity index is 1080. The molecule has 2 atom stereocenters. The van der Waals surface area contributed by atoms with Crippen LogP contribution in [0.3, 0.4) is 0 Å². The van der Waals surface area contributed by atoms with Gasteiger partial charge in [0.15, 0.2) is 0 Å². The van der Waals surface area contributed by atoms with E-state index in [0.29, 0.717) is 10.6 Å². The van der Waals surface area contributed by atoms with Crippen LogP contribution in [-0.4, -0.2) is 10.1 Å². The summed E-state index contributed by atoms with van der Waals surface area (Å²) in [5.41, 5.74) is 0.350. The van der Waals surface area contributed by atoms with Gasteiger partial charge >= 0.3 is 0 Å². The van der Waals surface area contributed by atoms with E-state index >= 15 is 0 Å². The van der Waals surface area contributed by atoms with E-state index in [2.05, 4.69) is 11.1 Å². The minimum absolute atomic E-state index is 0.0708. The lowest BCUT2D eigenvalue weighted by atomic mass is 9.72. The van der Waals surface area contributed by atoms with E-state index in [1.54, 1.807) is 12.1 Å². The van der Waals surface area contributed by atoms with Gasteiger partial charge in [0.25, 0.3) is 0 Å². The zero-order valence-electron chi connectivity index (χ0n) is 17.4. The molecule has 0 aliphatic rings. The van der Waals surface area contributed by atoms with E-state index in [1.165, 1.54) is 23.5 Å². The van der Waals surface area contributed by atoms with E-state index in [-0.39, 0.29) is 17.4 Å². The normalized spacial score (nSPS) is 14.7. The second-order valence-electron chi connectivity index (χ2n) is 8.77. The molecule has 0 radical (unpaired) electrons. The Morgan fingerprint density at radius 2 is 1.80 bits per heavy atom. The molecule has 0 fully saturated rings. The fraction of sp³-hybridized carbons (Fsp3) is 0.333. The molecule has 2 aromatic carbocycles. The molecule has 156 valence electrons. The number of rotatable bonds is 5. The highest BCUT2D eigenvalue weighted by molar-refractivity contribution is 7.10. The molecule has 0 saturated carbocycles. The Morgan fingerprint density at radius 1 is 1.13 bits per heavy atom. The van der Waals surface area contributed by atoms with E-state index in [1.807, 2.05) is 45.2 Å². The molecule has 2 unspecified atom stereocenters. The van der Waals surface area contributed by atoms with Gasteiger partial charge in [0, 0.05) is 28.5 Å². The first kappa shape index (κ1) is 22.1. The number of hydrogen-bond donors (Lipinski definition) is 1. The smallest absolute Gasteiger partial charge is 0.132 e. The third kappa shape index (κ3) is 4.58. The fourth-order valence-corrected chi connectivity index (χ4v) is 4.64. The molecule has 0 aliphatic heterocycles. The summed E-state index contributed by atoms with van der Waals surface area (Å²) in [7, 11) is 0. The minimum Gasteiger partial charge on any atom is -0.384 e. The number of nitriles is 1. The Morgan fingerprint density at radius 3 is 2.37 bits per heavy atom. The number of nitrogens with zero attached hydrogens (tertiary/aromatic N) is 2. The highest BCUT2D eigenvalue weighted by atomic mass is 32.1. The molecule has 30 heavy (non-hydrogen) atoms. The van der Waals surface area contributed by atoms with Crippen LogP contribution in [0.25, 0.3) is 11.3 Å². The molecule has 6 heteroatoms. The van der Waals surface area contributed by atoms with E-state index in [0.717, 1.165) is 17.3 Å². The average molecular weight is 427 g/mol. The molecule has 0 spiro atoms. The van der Waals surface area contributed by atoms with Crippen molar-refractivity contribution >= 4 is 11.3 Å².